The lowest BCUT2D eigenvalue weighted by Gasteiger charge is -2.38. The molecule has 0 bridgehead atoms. The van der Waals surface area contributed by atoms with Crippen LogP contribution >= 0.6 is 0 Å². The fourth-order valence-electron chi connectivity index (χ4n) is 3.06. The maximum atomic E-state index is 10.1. The second kappa shape index (κ2) is 6.78. The SMILES string of the molecule is CCOc1cc(N)ccc1N1CCN(c2ccc(N)cc2O)CC1. The lowest BCUT2D eigenvalue weighted by molar-refractivity contribution is 0.340. The molecule has 1 aliphatic heterocycles. The molecule has 0 radical (unpaired) electrons. The summed E-state index contributed by atoms with van der Waals surface area (Å²) in [5.41, 5.74) is 14.7. The molecule has 2 aromatic carbocycles. The highest BCUT2D eigenvalue weighted by molar-refractivity contribution is 5.67. The Kier molecular flexibility index (Phi) is 4.55. The van der Waals surface area contributed by atoms with E-state index < -0.39 is 0 Å². The van der Waals surface area contributed by atoms with Gasteiger partial charge in [0.25, 0.3) is 0 Å². The second-order valence-corrected chi connectivity index (χ2v) is 5.88. The van der Waals surface area contributed by atoms with Crippen molar-refractivity contribution in [1.29, 1.82) is 0 Å². The molecule has 1 fully saturated rings. The minimum Gasteiger partial charge on any atom is -0.506 e. The third kappa shape index (κ3) is 3.27. The molecule has 24 heavy (non-hydrogen) atoms. The van der Waals surface area contributed by atoms with Crippen molar-refractivity contribution in [3.05, 3.63) is 36.4 Å². The number of phenols is 1. The predicted molar refractivity (Wildman–Crippen MR) is 99.0 cm³/mol. The Bertz CT molecular complexity index is 712. The number of hydrogen-bond donors (Lipinski definition) is 3. The van der Waals surface area contributed by atoms with Gasteiger partial charge in [-0.1, -0.05) is 0 Å². The van der Waals surface area contributed by atoms with Gasteiger partial charge in [0.15, 0.2) is 0 Å². The van der Waals surface area contributed by atoms with Crippen molar-refractivity contribution in [3.8, 4) is 11.5 Å². The molecule has 0 spiro atoms. The quantitative estimate of drug-likeness (QED) is 0.746. The van der Waals surface area contributed by atoms with Crippen molar-refractivity contribution in [1.82, 2.24) is 0 Å². The normalized spacial score (nSPS) is 14.7. The Morgan fingerprint density at radius 1 is 0.917 bits per heavy atom. The van der Waals surface area contributed by atoms with Crippen LogP contribution < -0.4 is 26.0 Å². The van der Waals surface area contributed by atoms with E-state index in [1.165, 1.54) is 0 Å². The van der Waals surface area contributed by atoms with E-state index in [1.54, 1.807) is 6.07 Å². The van der Waals surface area contributed by atoms with E-state index in [9.17, 15) is 5.11 Å². The third-order valence-electron chi connectivity index (χ3n) is 4.24. The lowest BCUT2D eigenvalue weighted by Crippen LogP contribution is -2.46. The van der Waals surface area contributed by atoms with Gasteiger partial charge in [0.05, 0.1) is 18.0 Å². The highest BCUT2D eigenvalue weighted by Crippen LogP contribution is 2.34. The van der Waals surface area contributed by atoms with E-state index in [0.717, 1.165) is 43.3 Å². The molecule has 3 rings (SSSR count). The van der Waals surface area contributed by atoms with Gasteiger partial charge in [0, 0.05) is 49.7 Å². The van der Waals surface area contributed by atoms with Gasteiger partial charge in [-0.2, -0.15) is 0 Å². The summed E-state index contributed by atoms with van der Waals surface area (Å²) in [6.45, 7) is 5.88. The first kappa shape index (κ1) is 16.1. The van der Waals surface area contributed by atoms with E-state index >= 15 is 0 Å². The molecular formula is C18H24N4O2. The van der Waals surface area contributed by atoms with Crippen LogP contribution in [0.25, 0.3) is 0 Å². The fourth-order valence-corrected chi connectivity index (χ4v) is 3.06. The number of ether oxygens (including phenoxy) is 1. The molecule has 5 N–H and O–H groups in total. The average molecular weight is 328 g/mol. The number of piperazine rings is 1. The molecule has 6 heteroatoms. The van der Waals surface area contributed by atoms with Crippen LogP contribution in [-0.2, 0) is 0 Å². The summed E-state index contributed by atoms with van der Waals surface area (Å²) in [6.07, 6.45) is 0. The zero-order valence-corrected chi connectivity index (χ0v) is 13.9. The number of hydrogen-bond acceptors (Lipinski definition) is 6. The van der Waals surface area contributed by atoms with E-state index in [-0.39, 0.29) is 5.75 Å². The van der Waals surface area contributed by atoms with Crippen LogP contribution in [0.15, 0.2) is 36.4 Å². The average Bonchev–Trinajstić information content (AvgIpc) is 2.56. The van der Waals surface area contributed by atoms with Crippen LogP contribution in [0.2, 0.25) is 0 Å². The van der Waals surface area contributed by atoms with Gasteiger partial charge in [-0.05, 0) is 31.2 Å². The van der Waals surface area contributed by atoms with Crippen molar-refractivity contribution >= 4 is 22.7 Å². The first-order chi connectivity index (χ1) is 11.6. The minimum atomic E-state index is 0.228. The van der Waals surface area contributed by atoms with Crippen molar-refractivity contribution in [2.45, 2.75) is 6.92 Å². The van der Waals surface area contributed by atoms with Gasteiger partial charge in [-0.15, -0.1) is 0 Å². The Balaban J connectivity index is 1.73. The Hall–Kier alpha value is -2.76. The van der Waals surface area contributed by atoms with Gasteiger partial charge in [0.2, 0.25) is 0 Å². The zero-order valence-electron chi connectivity index (χ0n) is 13.9. The number of phenolic OH excluding ortho intramolecular Hbond substituents is 1. The highest BCUT2D eigenvalue weighted by atomic mass is 16.5. The molecule has 0 aromatic heterocycles. The van der Waals surface area contributed by atoms with Crippen molar-refractivity contribution in [2.24, 2.45) is 0 Å². The number of nitrogen functional groups attached to an aromatic ring is 2. The minimum absolute atomic E-state index is 0.228. The molecule has 0 aliphatic carbocycles. The molecule has 0 saturated carbocycles. The van der Waals surface area contributed by atoms with Gasteiger partial charge >= 0.3 is 0 Å². The summed E-state index contributed by atoms with van der Waals surface area (Å²) >= 11 is 0. The molecule has 2 aromatic rings. The Morgan fingerprint density at radius 2 is 1.46 bits per heavy atom. The van der Waals surface area contributed by atoms with Gasteiger partial charge in [-0.25, -0.2) is 0 Å². The fraction of sp³-hybridized carbons (Fsp3) is 0.333. The van der Waals surface area contributed by atoms with E-state index in [1.807, 2.05) is 37.3 Å². The van der Waals surface area contributed by atoms with E-state index in [0.29, 0.717) is 18.0 Å². The number of anilines is 4. The number of nitrogens with zero attached hydrogens (tertiary/aromatic N) is 2. The van der Waals surface area contributed by atoms with Crippen LogP contribution in [0, 0.1) is 0 Å². The number of rotatable bonds is 4. The van der Waals surface area contributed by atoms with Crippen molar-refractivity contribution in [2.75, 3.05) is 54.1 Å². The van der Waals surface area contributed by atoms with Gasteiger partial charge < -0.3 is 31.1 Å². The lowest BCUT2D eigenvalue weighted by atomic mass is 10.2. The Morgan fingerprint density at radius 3 is 2.04 bits per heavy atom. The number of benzene rings is 2. The number of aromatic hydroxyl groups is 1. The van der Waals surface area contributed by atoms with Crippen LogP contribution in [0.5, 0.6) is 11.5 Å². The van der Waals surface area contributed by atoms with Crippen LogP contribution in [0.3, 0.4) is 0 Å². The van der Waals surface area contributed by atoms with Crippen LogP contribution in [-0.4, -0.2) is 37.9 Å². The molecule has 0 atom stereocenters. The number of nitrogens with two attached hydrogens (primary N) is 2. The van der Waals surface area contributed by atoms with E-state index in [2.05, 4.69) is 9.80 Å². The predicted octanol–water partition coefficient (Wildman–Crippen LogP) is 2.28. The first-order valence-electron chi connectivity index (χ1n) is 8.19. The summed E-state index contributed by atoms with van der Waals surface area (Å²) in [6, 6.07) is 11.1. The summed E-state index contributed by atoms with van der Waals surface area (Å²) < 4.78 is 5.73. The van der Waals surface area contributed by atoms with Gasteiger partial charge in [0.1, 0.15) is 11.5 Å². The Labute approximate surface area is 142 Å². The second-order valence-electron chi connectivity index (χ2n) is 5.88. The van der Waals surface area contributed by atoms with Gasteiger partial charge in [-0.3, -0.25) is 0 Å². The summed E-state index contributed by atoms with van der Waals surface area (Å²) in [5.74, 6) is 1.05. The first-order valence-corrected chi connectivity index (χ1v) is 8.19. The molecule has 0 unspecified atom stereocenters. The van der Waals surface area contributed by atoms with E-state index in [4.69, 9.17) is 16.2 Å². The molecular weight excluding hydrogens is 304 g/mol. The summed E-state index contributed by atoms with van der Waals surface area (Å²) in [4.78, 5) is 4.46. The van der Waals surface area contributed by atoms with Crippen LogP contribution in [0.1, 0.15) is 6.92 Å². The largest absolute Gasteiger partial charge is 0.506 e. The maximum Gasteiger partial charge on any atom is 0.144 e. The summed E-state index contributed by atoms with van der Waals surface area (Å²) in [7, 11) is 0. The van der Waals surface area contributed by atoms with Crippen molar-refractivity contribution < 1.29 is 9.84 Å². The molecule has 6 nitrogen and oxygen atoms in total. The molecule has 1 heterocycles. The maximum absolute atomic E-state index is 10.1. The van der Waals surface area contributed by atoms with Crippen molar-refractivity contribution in [3.63, 3.8) is 0 Å². The molecule has 128 valence electrons. The topological polar surface area (TPSA) is 88.0 Å². The molecule has 0 amide bonds. The summed E-state index contributed by atoms with van der Waals surface area (Å²) in [5, 5.41) is 10.1. The molecule has 1 aliphatic rings. The smallest absolute Gasteiger partial charge is 0.144 e. The zero-order chi connectivity index (χ0) is 17.1. The third-order valence-corrected chi connectivity index (χ3v) is 4.24. The monoisotopic (exact) mass is 328 g/mol. The molecule has 1 saturated heterocycles. The van der Waals surface area contributed by atoms with Crippen LogP contribution in [0.4, 0.5) is 22.7 Å². The highest BCUT2D eigenvalue weighted by Gasteiger charge is 2.21. The standard InChI is InChI=1S/C18H24N4O2/c1-2-24-18-12-14(20)4-6-16(18)22-9-7-21(8-10-22)15-5-3-13(19)11-17(15)23/h3-6,11-12,23H,2,7-10,19-20H2,1H3.